The SMILES string of the molecule is CCCN(CCC)C(=O)CCC(=O)NCC(=O)Nc1ccc(C)cc1Cl. The van der Waals surface area contributed by atoms with Gasteiger partial charge in [-0.25, -0.2) is 0 Å². The van der Waals surface area contributed by atoms with Gasteiger partial charge in [-0.2, -0.15) is 0 Å². The fourth-order valence-electron chi connectivity index (χ4n) is 2.46. The Morgan fingerprint density at radius 2 is 1.69 bits per heavy atom. The number of rotatable bonds is 10. The number of halogens is 1. The molecule has 1 rings (SSSR count). The van der Waals surface area contributed by atoms with Gasteiger partial charge < -0.3 is 15.5 Å². The summed E-state index contributed by atoms with van der Waals surface area (Å²) in [4.78, 5) is 37.7. The van der Waals surface area contributed by atoms with E-state index < -0.39 is 0 Å². The fraction of sp³-hybridized carbons (Fsp3) is 0.526. The van der Waals surface area contributed by atoms with Crippen molar-refractivity contribution in [2.24, 2.45) is 0 Å². The van der Waals surface area contributed by atoms with Crippen molar-refractivity contribution in [3.05, 3.63) is 28.8 Å². The van der Waals surface area contributed by atoms with E-state index >= 15 is 0 Å². The lowest BCUT2D eigenvalue weighted by atomic mass is 10.2. The largest absolute Gasteiger partial charge is 0.347 e. The molecule has 0 heterocycles. The molecule has 1 aromatic rings. The molecule has 0 unspecified atom stereocenters. The molecule has 0 saturated heterocycles. The minimum absolute atomic E-state index is 0.0280. The van der Waals surface area contributed by atoms with Crippen LogP contribution in [0.2, 0.25) is 5.02 Å². The lowest BCUT2D eigenvalue weighted by molar-refractivity contribution is -0.133. The topological polar surface area (TPSA) is 78.5 Å². The van der Waals surface area contributed by atoms with Crippen LogP contribution in [-0.4, -0.2) is 42.3 Å². The Balaban J connectivity index is 2.36. The molecule has 0 aliphatic heterocycles. The van der Waals surface area contributed by atoms with Gasteiger partial charge in [0.2, 0.25) is 17.7 Å². The van der Waals surface area contributed by atoms with E-state index in [-0.39, 0.29) is 37.1 Å². The minimum Gasteiger partial charge on any atom is -0.347 e. The molecule has 2 N–H and O–H groups in total. The van der Waals surface area contributed by atoms with Gasteiger partial charge in [0.1, 0.15) is 0 Å². The maximum absolute atomic E-state index is 12.1. The standard InChI is InChI=1S/C19H28ClN3O3/c1-4-10-23(11-5-2)19(26)9-8-17(24)21-13-18(25)22-16-7-6-14(3)12-15(16)20/h6-7,12H,4-5,8-11,13H2,1-3H3,(H,21,24)(H,22,25). The Labute approximate surface area is 160 Å². The van der Waals surface area contributed by atoms with E-state index in [1.54, 1.807) is 17.0 Å². The van der Waals surface area contributed by atoms with Crippen LogP contribution < -0.4 is 10.6 Å². The van der Waals surface area contributed by atoms with Crippen molar-refractivity contribution in [1.82, 2.24) is 10.2 Å². The molecule has 0 fully saturated rings. The highest BCUT2D eigenvalue weighted by Crippen LogP contribution is 2.22. The van der Waals surface area contributed by atoms with Crippen molar-refractivity contribution >= 4 is 35.0 Å². The maximum atomic E-state index is 12.1. The second-order valence-electron chi connectivity index (χ2n) is 6.19. The van der Waals surface area contributed by atoms with Gasteiger partial charge in [0.05, 0.1) is 17.3 Å². The summed E-state index contributed by atoms with van der Waals surface area (Å²) >= 11 is 6.06. The Hall–Kier alpha value is -2.08. The van der Waals surface area contributed by atoms with Gasteiger partial charge >= 0.3 is 0 Å². The van der Waals surface area contributed by atoms with Crippen molar-refractivity contribution in [3.63, 3.8) is 0 Å². The molecule has 0 aliphatic rings. The molecule has 3 amide bonds. The molecule has 0 saturated carbocycles. The first-order valence-electron chi connectivity index (χ1n) is 8.97. The lowest BCUT2D eigenvalue weighted by Crippen LogP contribution is -2.35. The molecule has 1 aromatic carbocycles. The number of aryl methyl sites for hydroxylation is 1. The number of benzene rings is 1. The molecule has 6 nitrogen and oxygen atoms in total. The number of carbonyl (C=O) groups excluding carboxylic acids is 3. The van der Waals surface area contributed by atoms with E-state index in [0.29, 0.717) is 23.8 Å². The summed E-state index contributed by atoms with van der Waals surface area (Å²) in [5.74, 6) is -0.717. The fourth-order valence-corrected chi connectivity index (χ4v) is 2.75. The van der Waals surface area contributed by atoms with Crippen LogP contribution in [0.15, 0.2) is 18.2 Å². The highest BCUT2D eigenvalue weighted by atomic mass is 35.5. The third kappa shape index (κ3) is 7.87. The zero-order valence-electron chi connectivity index (χ0n) is 15.7. The molecule has 0 spiro atoms. The van der Waals surface area contributed by atoms with Crippen LogP contribution in [0.5, 0.6) is 0 Å². The van der Waals surface area contributed by atoms with Gasteiger partial charge in [0.25, 0.3) is 0 Å². The van der Waals surface area contributed by atoms with Gasteiger partial charge in [-0.05, 0) is 37.5 Å². The van der Waals surface area contributed by atoms with Crippen LogP contribution in [0.1, 0.15) is 45.1 Å². The summed E-state index contributed by atoms with van der Waals surface area (Å²) in [6.07, 6.45) is 2.00. The molecular weight excluding hydrogens is 354 g/mol. The summed E-state index contributed by atoms with van der Waals surface area (Å²) in [6, 6.07) is 5.30. The summed E-state index contributed by atoms with van der Waals surface area (Å²) in [6.45, 7) is 7.18. The lowest BCUT2D eigenvalue weighted by Gasteiger charge is -2.21. The number of hydrogen-bond acceptors (Lipinski definition) is 3. The number of anilines is 1. The predicted octanol–water partition coefficient (Wildman–Crippen LogP) is 3.13. The van der Waals surface area contributed by atoms with E-state index in [9.17, 15) is 14.4 Å². The summed E-state index contributed by atoms with van der Waals surface area (Å²) in [5.41, 5.74) is 1.49. The van der Waals surface area contributed by atoms with Crippen LogP contribution in [0, 0.1) is 6.92 Å². The normalized spacial score (nSPS) is 10.3. The Kier molecular flexibility index (Phi) is 9.73. The van der Waals surface area contributed by atoms with E-state index in [0.717, 1.165) is 18.4 Å². The number of amides is 3. The molecule has 7 heteroatoms. The summed E-state index contributed by atoms with van der Waals surface area (Å²) in [5, 5.41) is 5.62. The van der Waals surface area contributed by atoms with Gasteiger partial charge in [-0.1, -0.05) is 31.5 Å². The maximum Gasteiger partial charge on any atom is 0.243 e. The monoisotopic (exact) mass is 381 g/mol. The van der Waals surface area contributed by atoms with Crippen LogP contribution in [0.3, 0.4) is 0 Å². The zero-order chi connectivity index (χ0) is 19.5. The molecule has 26 heavy (non-hydrogen) atoms. The first-order valence-corrected chi connectivity index (χ1v) is 9.35. The molecule has 0 radical (unpaired) electrons. The van der Waals surface area contributed by atoms with Crippen molar-refractivity contribution in [3.8, 4) is 0 Å². The first kappa shape index (κ1) is 22.0. The number of nitrogens with one attached hydrogen (secondary N) is 2. The number of carbonyl (C=O) groups is 3. The second-order valence-corrected chi connectivity index (χ2v) is 6.60. The quantitative estimate of drug-likeness (QED) is 0.653. The van der Waals surface area contributed by atoms with Gasteiger partial charge in [-0.15, -0.1) is 0 Å². The first-order chi connectivity index (χ1) is 12.4. The van der Waals surface area contributed by atoms with Crippen molar-refractivity contribution in [2.45, 2.75) is 46.5 Å². The van der Waals surface area contributed by atoms with Crippen LogP contribution in [-0.2, 0) is 14.4 Å². The molecular formula is C19H28ClN3O3. The Bertz CT molecular complexity index is 628. The van der Waals surface area contributed by atoms with Crippen molar-refractivity contribution in [2.75, 3.05) is 25.0 Å². The minimum atomic E-state index is -0.367. The Morgan fingerprint density at radius 3 is 2.27 bits per heavy atom. The molecule has 0 atom stereocenters. The number of hydrogen-bond donors (Lipinski definition) is 2. The average Bonchev–Trinajstić information content (AvgIpc) is 2.60. The average molecular weight is 382 g/mol. The molecule has 0 bridgehead atoms. The third-order valence-electron chi connectivity index (χ3n) is 3.75. The van der Waals surface area contributed by atoms with Gasteiger partial charge in [0.15, 0.2) is 0 Å². The van der Waals surface area contributed by atoms with E-state index in [4.69, 9.17) is 11.6 Å². The van der Waals surface area contributed by atoms with Gasteiger partial charge in [0, 0.05) is 25.9 Å². The van der Waals surface area contributed by atoms with Crippen molar-refractivity contribution < 1.29 is 14.4 Å². The smallest absolute Gasteiger partial charge is 0.243 e. The summed E-state index contributed by atoms with van der Waals surface area (Å²) in [7, 11) is 0. The second kappa shape index (κ2) is 11.5. The van der Waals surface area contributed by atoms with Gasteiger partial charge in [-0.3, -0.25) is 14.4 Å². The molecule has 0 aliphatic carbocycles. The number of nitrogens with zero attached hydrogens (tertiary/aromatic N) is 1. The molecule has 0 aromatic heterocycles. The highest BCUT2D eigenvalue weighted by Gasteiger charge is 2.14. The summed E-state index contributed by atoms with van der Waals surface area (Å²) < 4.78 is 0. The van der Waals surface area contributed by atoms with Crippen molar-refractivity contribution in [1.29, 1.82) is 0 Å². The van der Waals surface area contributed by atoms with E-state index in [1.165, 1.54) is 0 Å². The van der Waals surface area contributed by atoms with Crippen LogP contribution in [0.25, 0.3) is 0 Å². The van der Waals surface area contributed by atoms with Crippen LogP contribution in [0.4, 0.5) is 5.69 Å². The third-order valence-corrected chi connectivity index (χ3v) is 4.06. The van der Waals surface area contributed by atoms with Crippen LogP contribution >= 0.6 is 11.6 Å². The molecule has 144 valence electrons. The Morgan fingerprint density at radius 1 is 1.04 bits per heavy atom. The van der Waals surface area contributed by atoms with E-state index in [2.05, 4.69) is 10.6 Å². The zero-order valence-corrected chi connectivity index (χ0v) is 16.5. The predicted molar refractivity (Wildman–Crippen MR) is 104 cm³/mol. The highest BCUT2D eigenvalue weighted by molar-refractivity contribution is 6.33. The van der Waals surface area contributed by atoms with E-state index in [1.807, 2.05) is 26.8 Å².